The number of hydrogen-bond acceptors (Lipinski definition) is 10. The lowest BCUT2D eigenvalue weighted by molar-refractivity contribution is -0.140. The van der Waals surface area contributed by atoms with E-state index in [0.717, 1.165) is 5.56 Å². The van der Waals surface area contributed by atoms with Crippen molar-refractivity contribution < 1.29 is 47.4 Å². The minimum Gasteiger partial charge on any atom is -0.460 e. The van der Waals surface area contributed by atoms with E-state index in [1.54, 1.807) is 6.92 Å². The summed E-state index contributed by atoms with van der Waals surface area (Å²) in [5.74, 6) is -0.409. The summed E-state index contributed by atoms with van der Waals surface area (Å²) in [5.41, 5.74) is 1.53. The third-order valence-electron chi connectivity index (χ3n) is 4.52. The first-order valence-electron chi connectivity index (χ1n) is 12.7. The summed E-state index contributed by atoms with van der Waals surface area (Å²) in [6.07, 6.45) is 0. The van der Waals surface area contributed by atoms with Crippen LogP contribution in [0.4, 0.5) is 0 Å². The predicted molar refractivity (Wildman–Crippen MR) is 138 cm³/mol. The highest BCUT2D eigenvalue weighted by atomic mass is 16.6. The third-order valence-corrected chi connectivity index (χ3v) is 4.52. The first-order chi connectivity index (χ1) is 18.2. The minimum absolute atomic E-state index is 0.204. The molecule has 0 radical (unpaired) electrons. The molecule has 10 nitrogen and oxygen atoms in total. The van der Waals surface area contributed by atoms with Gasteiger partial charge in [-0.3, -0.25) is 0 Å². The summed E-state index contributed by atoms with van der Waals surface area (Å²) in [6, 6.07) is 10.1. The van der Waals surface area contributed by atoms with E-state index in [1.807, 2.05) is 30.3 Å². The fourth-order valence-corrected chi connectivity index (χ4v) is 2.62. The van der Waals surface area contributed by atoms with Crippen molar-refractivity contribution in [1.82, 2.24) is 0 Å². The molecule has 0 aliphatic rings. The maximum absolute atomic E-state index is 11.2. The van der Waals surface area contributed by atoms with E-state index in [-0.39, 0.29) is 6.61 Å². The normalized spacial score (nSPS) is 11.1. The standard InChI is InChI=1S/C27H44O10/c1-25(2)27(28)37-23-22-35-19-18-33-15-14-31-11-10-29-8-9-30-12-13-32-16-17-34-20-21-36-24-26-6-4-3-5-7-26/h3-7H,1,8-24H2,2H3. The molecule has 0 bridgehead atoms. The van der Waals surface area contributed by atoms with Crippen LogP contribution in [0.3, 0.4) is 0 Å². The minimum atomic E-state index is -0.409. The van der Waals surface area contributed by atoms with Gasteiger partial charge in [-0.15, -0.1) is 0 Å². The molecule has 1 rings (SSSR count). The average molecular weight is 529 g/mol. The first kappa shape index (κ1) is 33.1. The van der Waals surface area contributed by atoms with E-state index < -0.39 is 5.97 Å². The fraction of sp³-hybridized carbons (Fsp3) is 0.667. The van der Waals surface area contributed by atoms with Crippen molar-refractivity contribution in [1.29, 1.82) is 0 Å². The molecule has 0 aromatic heterocycles. The van der Waals surface area contributed by atoms with Crippen molar-refractivity contribution in [2.24, 2.45) is 0 Å². The molecule has 10 heteroatoms. The second kappa shape index (κ2) is 25.7. The number of ether oxygens (including phenoxy) is 9. The molecular weight excluding hydrogens is 484 g/mol. The quantitative estimate of drug-likeness (QED) is 0.0962. The Morgan fingerprint density at radius 1 is 0.541 bits per heavy atom. The molecule has 0 saturated carbocycles. The average Bonchev–Trinajstić information content (AvgIpc) is 2.91. The van der Waals surface area contributed by atoms with Gasteiger partial charge in [0, 0.05) is 5.57 Å². The Balaban J connectivity index is 1.65. The van der Waals surface area contributed by atoms with Crippen molar-refractivity contribution in [3.8, 4) is 0 Å². The summed E-state index contributed by atoms with van der Waals surface area (Å²) in [6.45, 7) is 13.3. The highest BCUT2D eigenvalue weighted by Gasteiger charge is 2.01. The maximum atomic E-state index is 11.2. The van der Waals surface area contributed by atoms with Gasteiger partial charge in [0.2, 0.25) is 0 Å². The molecule has 0 N–H and O–H groups in total. The van der Waals surface area contributed by atoms with Gasteiger partial charge >= 0.3 is 5.97 Å². The summed E-state index contributed by atoms with van der Waals surface area (Å²) in [5, 5.41) is 0. The van der Waals surface area contributed by atoms with Crippen molar-refractivity contribution in [3.05, 3.63) is 48.0 Å². The van der Waals surface area contributed by atoms with Crippen LogP contribution in [0.2, 0.25) is 0 Å². The second-order valence-corrected chi connectivity index (χ2v) is 7.74. The number of rotatable bonds is 27. The molecule has 1 aromatic carbocycles. The Morgan fingerprint density at radius 3 is 1.22 bits per heavy atom. The van der Waals surface area contributed by atoms with Crippen LogP contribution in [-0.2, 0) is 54.0 Å². The molecule has 0 spiro atoms. The largest absolute Gasteiger partial charge is 0.460 e. The van der Waals surface area contributed by atoms with Crippen LogP contribution < -0.4 is 0 Å². The third kappa shape index (κ3) is 23.0. The molecule has 0 amide bonds. The lowest BCUT2D eigenvalue weighted by Gasteiger charge is -2.09. The van der Waals surface area contributed by atoms with Crippen LogP contribution in [0.5, 0.6) is 0 Å². The molecule has 1 aromatic rings. The first-order valence-corrected chi connectivity index (χ1v) is 12.7. The Labute approximate surface area is 221 Å². The topological polar surface area (TPSA) is 100 Å². The van der Waals surface area contributed by atoms with E-state index in [4.69, 9.17) is 42.6 Å². The van der Waals surface area contributed by atoms with Crippen LogP contribution in [0, 0.1) is 0 Å². The molecule has 0 atom stereocenters. The zero-order chi connectivity index (χ0) is 26.7. The lowest BCUT2D eigenvalue weighted by atomic mass is 10.2. The molecule has 0 unspecified atom stereocenters. The monoisotopic (exact) mass is 528 g/mol. The molecule has 37 heavy (non-hydrogen) atoms. The Bertz CT molecular complexity index is 656. The molecule has 0 fully saturated rings. The maximum Gasteiger partial charge on any atom is 0.333 e. The van der Waals surface area contributed by atoms with E-state index in [2.05, 4.69) is 6.58 Å². The molecular formula is C27H44O10. The zero-order valence-corrected chi connectivity index (χ0v) is 22.2. The molecule has 212 valence electrons. The van der Waals surface area contributed by atoms with Crippen molar-refractivity contribution >= 4 is 5.97 Å². The number of carbonyl (C=O) groups excluding carboxylic acids is 1. The van der Waals surface area contributed by atoms with E-state index in [9.17, 15) is 4.79 Å². The van der Waals surface area contributed by atoms with Gasteiger partial charge in [-0.25, -0.2) is 4.79 Å². The van der Waals surface area contributed by atoms with Gasteiger partial charge in [-0.05, 0) is 12.5 Å². The van der Waals surface area contributed by atoms with Gasteiger partial charge < -0.3 is 42.6 Å². The second-order valence-electron chi connectivity index (χ2n) is 7.74. The van der Waals surface area contributed by atoms with Gasteiger partial charge in [-0.1, -0.05) is 36.9 Å². The predicted octanol–water partition coefficient (Wildman–Crippen LogP) is 2.44. The van der Waals surface area contributed by atoms with Gasteiger partial charge in [-0.2, -0.15) is 0 Å². The highest BCUT2D eigenvalue weighted by Crippen LogP contribution is 2.00. The SMILES string of the molecule is C=C(C)C(=O)OCCOCCOCCOCCOCCOCCOCCOCCOCc1ccccc1. The summed E-state index contributed by atoms with van der Waals surface area (Å²) < 4.78 is 48.4. The Kier molecular flexibility index (Phi) is 23.1. The van der Waals surface area contributed by atoms with Crippen molar-refractivity contribution in [2.45, 2.75) is 13.5 Å². The smallest absolute Gasteiger partial charge is 0.333 e. The highest BCUT2D eigenvalue weighted by molar-refractivity contribution is 5.86. The molecule has 0 aliphatic carbocycles. The molecule has 0 saturated heterocycles. The lowest BCUT2D eigenvalue weighted by Crippen LogP contribution is -2.15. The van der Waals surface area contributed by atoms with Crippen LogP contribution in [-0.4, -0.2) is 112 Å². The van der Waals surface area contributed by atoms with Gasteiger partial charge in [0.25, 0.3) is 0 Å². The van der Waals surface area contributed by atoms with Gasteiger partial charge in [0.1, 0.15) is 6.61 Å². The van der Waals surface area contributed by atoms with Crippen LogP contribution in [0.1, 0.15) is 12.5 Å². The van der Waals surface area contributed by atoms with Crippen molar-refractivity contribution in [3.63, 3.8) is 0 Å². The zero-order valence-electron chi connectivity index (χ0n) is 22.2. The van der Waals surface area contributed by atoms with Crippen LogP contribution >= 0.6 is 0 Å². The summed E-state index contributed by atoms with van der Waals surface area (Å²) in [7, 11) is 0. The molecule has 0 heterocycles. The summed E-state index contributed by atoms with van der Waals surface area (Å²) in [4.78, 5) is 11.2. The van der Waals surface area contributed by atoms with Gasteiger partial charge in [0.05, 0.1) is 106 Å². The Morgan fingerprint density at radius 2 is 0.865 bits per heavy atom. The number of benzene rings is 1. The fourth-order valence-electron chi connectivity index (χ4n) is 2.62. The molecule has 0 aliphatic heterocycles. The number of esters is 1. The number of hydrogen-bond donors (Lipinski definition) is 0. The van der Waals surface area contributed by atoms with Crippen LogP contribution in [0.25, 0.3) is 0 Å². The van der Waals surface area contributed by atoms with Gasteiger partial charge in [0.15, 0.2) is 0 Å². The van der Waals surface area contributed by atoms with Crippen molar-refractivity contribution in [2.75, 3.05) is 106 Å². The van der Waals surface area contributed by atoms with E-state index in [1.165, 1.54) is 0 Å². The van der Waals surface area contributed by atoms with E-state index in [0.29, 0.717) is 111 Å². The van der Waals surface area contributed by atoms with E-state index >= 15 is 0 Å². The van der Waals surface area contributed by atoms with Crippen LogP contribution in [0.15, 0.2) is 42.5 Å². The Hall–Kier alpha value is -1.89. The number of carbonyl (C=O) groups is 1. The summed E-state index contributed by atoms with van der Waals surface area (Å²) >= 11 is 0.